The van der Waals surface area contributed by atoms with Crippen molar-refractivity contribution in [1.29, 1.82) is 0 Å². The summed E-state index contributed by atoms with van der Waals surface area (Å²) < 4.78 is 13.1. The van der Waals surface area contributed by atoms with Gasteiger partial charge in [0.15, 0.2) is 17.1 Å². The number of aryl methyl sites for hydroxylation is 1. The van der Waals surface area contributed by atoms with E-state index in [4.69, 9.17) is 14.9 Å². The molecule has 0 unspecified atom stereocenters. The van der Waals surface area contributed by atoms with Crippen molar-refractivity contribution in [2.24, 2.45) is 12.8 Å². The largest absolute Gasteiger partial charge is 0.491 e. The maximum atomic E-state index is 12.0. The molecule has 3 aromatic heterocycles. The molecular weight excluding hydrogens is 440 g/mol. The number of carbonyl (C=O) groups excluding carboxylic acids is 1. The Morgan fingerprint density at radius 3 is 2.88 bits per heavy atom. The van der Waals surface area contributed by atoms with E-state index in [1.807, 2.05) is 11.0 Å². The molecule has 1 aliphatic heterocycles. The second kappa shape index (κ2) is 8.63. The number of nitrogens with zero attached hydrogens (tertiary/aromatic N) is 6. The zero-order valence-corrected chi connectivity index (χ0v) is 18.7. The Morgan fingerprint density at radius 1 is 1.35 bits per heavy atom. The van der Waals surface area contributed by atoms with E-state index in [-0.39, 0.29) is 24.0 Å². The van der Waals surface area contributed by atoms with E-state index in [2.05, 4.69) is 25.4 Å². The van der Waals surface area contributed by atoms with Crippen LogP contribution in [0.4, 0.5) is 17.5 Å². The molecule has 0 bridgehead atoms. The molecule has 12 heteroatoms. The van der Waals surface area contributed by atoms with E-state index in [0.29, 0.717) is 47.3 Å². The van der Waals surface area contributed by atoms with Gasteiger partial charge in [-0.25, -0.2) is 9.97 Å². The van der Waals surface area contributed by atoms with Crippen molar-refractivity contribution in [2.45, 2.75) is 18.9 Å². The molecule has 0 radical (unpaired) electrons. The lowest BCUT2D eigenvalue weighted by atomic mass is 9.97. The molecule has 1 aromatic carbocycles. The number of nitrogens with one attached hydrogen (secondary N) is 1. The number of amides is 1. The van der Waals surface area contributed by atoms with Crippen LogP contribution in [0.15, 0.2) is 41.2 Å². The topological polar surface area (TPSA) is 157 Å². The molecule has 0 saturated carbocycles. The van der Waals surface area contributed by atoms with Crippen molar-refractivity contribution in [3.8, 4) is 5.75 Å². The number of nitrogens with two attached hydrogens (primary N) is 1. The van der Waals surface area contributed by atoms with Crippen molar-refractivity contribution >= 4 is 34.5 Å². The number of primary amides is 1. The van der Waals surface area contributed by atoms with E-state index in [9.17, 15) is 9.90 Å². The molecule has 4 aromatic rings. The van der Waals surface area contributed by atoms with Gasteiger partial charge in [0.05, 0.1) is 29.9 Å². The number of aromatic nitrogens is 5. The van der Waals surface area contributed by atoms with Gasteiger partial charge in [0, 0.05) is 38.3 Å². The van der Waals surface area contributed by atoms with Crippen LogP contribution in [0.1, 0.15) is 29.0 Å². The fourth-order valence-corrected chi connectivity index (χ4v) is 3.64. The zero-order valence-electron chi connectivity index (χ0n) is 18.7. The van der Waals surface area contributed by atoms with Crippen LogP contribution in [-0.4, -0.2) is 61.5 Å². The minimum absolute atomic E-state index is 0.0537. The van der Waals surface area contributed by atoms with Crippen LogP contribution in [0.25, 0.3) is 11.1 Å². The lowest BCUT2D eigenvalue weighted by Crippen LogP contribution is -2.45. The molecule has 1 saturated heterocycles. The Morgan fingerprint density at radius 2 is 2.18 bits per heavy atom. The van der Waals surface area contributed by atoms with Gasteiger partial charge in [0.25, 0.3) is 11.9 Å². The third-order valence-corrected chi connectivity index (χ3v) is 5.40. The number of fused-ring (bicyclic) bond motifs is 1. The van der Waals surface area contributed by atoms with Crippen LogP contribution in [0.5, 0.6) is 5.75 Å². The number of hydrogen-bond donors (Lipinski definition) is 3. The van der Waals surface area contributed by atoms with Crippen LogP contribution in [-0.2, 0) is 7.05 Å². The second-order valence-corrected chi connectivity index (χ2v) is 8.27. The highest BCUT2D eigenvalue weighted by molar-refractivity contribution is 5.96. The SMILES string of the molecule is C[C@@H](O)COc1ccc2nc(N3CC(c4cnc(Nc5cnn(C)c5)c(C(N)=O)n4)C3)oc2c1. The predicted molar refractivity (Wildman–Crippen MR) is 123 cm³/mol. The van der Waals surface area contributed by atoms with Gasteiger partial charge in [-0.1, -0.05) is 0 Å². The van der Waals surface area contributed by atoms with E-state index in [1.54, 1.807) is 49.4 Å². The summed E-state index contributed by atoms with van der Waals surface area (Å²) in [4.78, 5) is 27.4. The van der Waals surface area contributed by atoms with Crippen molar-refractivity contribution in [1.82, 2.24) is 24.7 Å². The molecule has 0 spiro atoms. The van der Waals surface area contributed by atoms with Gasteiger partial charge >= 0.3 is 0 Å². The maximum absolute atomic E-state index is 12.0. The number of carbonyl (C=O) groups is 1. The van der Waals surface area contributed by atoms with E-state index in [0.717, 1.165) is 0 Å². The number of ether oxygens (including phenoxy) is 1. The van der Waals surface area contributed by atoms with Gasteiger partial charge in [-0.15, -0.1) is 0 Å². The summed E-state index contributed by atoms with van der Waals surface area (Å²) in [5.41, 5.74) is 8.29. The summed E-state index contributed by atoms with van der Waals surface area (Å²) in [6, 6.07) is 5.86. The Hall–Kier alpha value is -4.19. The van der Waals surface area contributed by atoms with Gasteiger partial charge in [0.2, 0.25) is 0 Å². The van der Waals surface area contributed by atoms with E-state index >= 15 is 0 Å². The van der Waals surface area contributed by atoms with Crippen molar-refractivity contribution in [3.05, 3.63) is 48.2 Å². The summed E-state index contributed by atoms with van der Waals surface area (Å²) >= 11 is 0. The van der Waals surface area contributed by atoms with Crippen LogP contribution < -0.4 is 20.7 Å². The zero-order chi connectivity index (χ0) is 23.8. The molecule has 1 fully saturated rings. The highest BCUT2D eigenvalue weighted by atomic mass is 16.5. The Bertz CT molecular complexity index is 1340. The quantitative estimate of drug-likeness (QED) is 0.349. The number of anilines is 3. The van der Waals surface area contributed by atoms with E-state index in [1.165, 1.54) is 0 Å². The average Bonchev–Trinajstić information content (AvgIpc) is 3.37. The maximum Gasteiger partial charge on any atom is 0.298 e. The minimum atomic E-state index is -0.663. The summed E-state index contributed by atoms with van der Waals surface area (Å²) in [6.07, 6.45) is 4.46. The highest BCUT2D eigenvalue weighted by Crippen LogP contribution is 2.33. The Labute approximate surface area is 194 Å². The monoisotopic (exact) mass is 464 g/mol. The molecule has 5 rings (SSSR count). The number of aliphatic hydroxyl groups is 1. The van der Waals surface area contributed by atoms with Crippen LogP contribution in [0.3, 0.4) is 0 Å². The smallest absolute Gasteiger partial charge is 0.298 e. The predicted octanol–water partition coefficient (Wildman–Crippen LogP) is 1.56. The van der Waals surface area contributed by atoms with Gasteiger partial charge in [-0.2, -0.15) is 10.1 Å². The normalized spacial score (nSPS) is 14.7. The molecule has 12 nitrogen and oxygen atoms in total. The molecule has 1 atom stereocenters. The fourth-order valence-electron chi connectivity index (χ4n) is 3.64. The molecule has 1 aliphatic rings. The summed E-state index contributed by atoms with van der Waals surface area (Å²) in [6.45, 7) is 3.08. The first-order valence-electron chi connectivity index (χ1n) is 10.7. The van der Waals surface area contributed by atoms with Gasteiger partial charge in [-0.3, -0.25) is 9.48 Å². The first kappa shape index (κ1) is 21.6. The first-order valence-corrected chi connectivity index (χ1v) is 10.7. The van der Waals surface area contributed by atoms with Gasteiger partial charge in [0.1, 0.15) is 17.9 Å². The molecule has 176 valence electrons. The van der Waals surface area contributed by atoms with Crippen LogP contribution >= 0.6 is 0 Å². The van der Waals surface area contributed by atoms with E-state index < -0.39 is 12.0 Å². The lowest BCUT2D eigenvalue weighted by molar-refractivity contribution is 0.0995. The third-order valence-electron chi connectivity index (χ3n) is 5.40. The Kier molecular flexibility index (Phi) is 5.49. The molecule has 4 heterocycles. The minimum Gasteiger partial charge on any atom is -0.491 e. The summed E-state index contributed by atoms with van der Waals surface area (Å²) in [5, 5.41) is 16.5. The van der Waals surface area contributed by atoms with Crippen molar-refractivity contribution in [2.75, 3.05) is 29.9 Å². The van der Waals surface area contributed by atoms with Gasteiger partial charge in [-0.05, 0) is 19.1 Å². The van der Waals surface area contributed by atoms with Crippen molar-refractivity contribution < 1.29 is 19.1 Å². The third kappa shape index (κ3) is 4.35. The summed E-state index contributed by atoms with van der Waals surface area (Å²) in [7, 11) is 1.79. The average molecular weight is 464 g/mol. The molecule has 1 amide bonds. The summed E-state index contributed by atoms with van der Waals surface area (Å²) in [5.74, 6) is 0.280. The molecule has 4 N–H and O–H groups in total. The van der Waals surface area contributed by atoms with Crippen LogP contribution in [0, 0.1) is 0 Å². The molecule has 0 aliphatic carbocycles. The number of oxazole rings is 1. The van der Waals surface area contributed by atoms with Crippen LogP contribution in [0.2, 0.25) is 0 Å². The molecule has 34 heavy (non-hydrogen) atoms. The number of rotatable bonds is 8. The van der Waals surface area contributed by atoms with Crippen molar-refractivity contribution in [3.63, 3.8) is 0 Å². The lowest BCUT2D eigenvalue weighted by Gasteiger charge is -2.37. The fraction of sp³-hybridized carbons (Fsp3) is 0.318. The number of hydrogen-bond acceptors (Lipinski definition) is 10. The number of aliphatic hydroxyl groups excluding tert-OH is 1. The van der Waals surface area contributed by atoms with Gasteiger partial charge < -0.3 is 30.2 Å². The standard InChI is InChI=1S/C22H24N8O4/c1-12(31)11-33-15-3-4-16-18(5-15)34-22(28-16)30-8-13(9-30)17-7-24-21(19(27-17)20(23)32)26-14-6-25-29(2)10-14/h3-7,10,12-13,31H,8-9,11H2,1-2H3,(H2,23,32)(H,24,26)/t12-/m1/s1. The second-order valence-electron chi connectivity index (χ2n) is 8.27. The Balaban J connectivity index is 1.28. The molecular formula is C22H24N8O4. The number of benzene rings is 1. The first-order chi connectivity index (χ1) is 16.4. The highest BCUT2D eigenvalue weighted by Gasteiger charge is 2.33.